The number of rotatable bonds is 5. The molecule has 0 aromatic heterocycles. The van der Waals surface area contributed by atoms with Gasteiger partial charge in [-0.1, -0.05) is 19.9 Å². The van der Waals surface area contributed by atoms with Crippen LogP contribution >= 0.6 is 0 Å². The average molecular weight is 142 g/mol. The molecule has 1 unspecified atom stereocenters. The third kappa shape index (κ3) is 1.74. The Morgan fingerprint density at radius 2 is 2.50 bits per heavy atom. The first-order valence-corrected chi connectivity index (χ1v) is 3.69. The van der Waals surface area contributed by atoms with Gasteiger partial charge in [-0.2, -0.15) is 0 Å². The fourth-order valence-electron chi connectivity index (χ4n) is 1.07. The van der Waals surface area contributed by atoms with Crippen molar-refractivity contribution in [3.05, 3.63) is 12.8 Å². The molecule has 2 nitrogen and oxygen atoms in total. The van der Waals surface area contributed by atoms with Gasteiger partial charge in [-0.15, -0.1) is 0 Å². The Morgan fingerprint density at radius 3 is 2.90 bits per heavy atom. The maximum Gasteiger partial charge on any atom is 0.125 e. The lowest BCUT2D eigenvalue weighted by atomic mass is 10.1. The summed E-state index contributed by atoms with van der Waals surface area (Å²) < 4.78 is 10.3. The molecule has 1 aliphatic rings. The molecule has 1 aliphatic heterocycles. The molecule has 0 aromatic rings. The molecule has 1 heterocycles. The molecule has 0 N–H and O–H groups in total. The Hall–Kier alpha value is -0.500. The molecule has 0 bridgehead atoms. The van der Waals surface area contributed by atoms with E-state index in [9.17, 15) is 0 Å². The van der Waals surface area contributed by atoms with Gasteiger partial charge >= 0.3 is 0 Å². The summed E-state index contributed by atoms with van der Waals surface area (Å²) in [6, 6.07) is 0. The van der Waals surface area contributed by atoms with E-state index in [1.165, 1.54) is 6.26 Å². The van der Waals surface area contributed by atoms with Crippen molar-refractivity contribution in [2.24, 2.45) is 0 Å². The van der Waals surface area contributed by atoms with Crippen LogP contribution in [0.3, 0.4) is 0 Å². The van der Waals surface area contributed by atoms with Gasteiger partial charge in [0, 0.05) is 0 Å². The van der Waals surface area contributed by atoms with Crippen LogP contribution in [0.2, 0.25) is 0 Å². The maximum atomic E-state index is 5.27. The average Bonchev–Trinajstić information content (AvgIpc) is 2.67. The summed E-state index contributed by atoms with van der Waals surface area (Å²) in [7, 11) is 0. The minimum atomic E-state index is 0.0585. The van der Waals surface area contributed by atoms with Crippen LogP contribution in [0.25, 0.3) is 0 Å². The normalized spacial score (nSPS) is 29.7. The SMILES string of the molecule is C=COCC1(CCC)CO1. The fraction of sp³-hybridized carbons (Fsp3) is 0.750. The number of hydrogen-bond donors (Lipinski definition) is 0. The van der Waals surface area contributed by atoms with E-state index >= 15 is 0 Å². The monoisotopic (exact) mass is 142 g/mol. The fourth-order valence-corrected chi connectivity index (χ4v) is 1.07. The Bertz CT molecular complexity index is 116. The molecule has 1 fully saturated rings. The molecule has 0 aliphatic carbocycles. The number of hydrogen-bond acceptors (Lipinski definition) is 2. The lowest BCUT2D eigenvalue weighted by Gasteiger charge is -2.08. The molecule has 0 spiro atoms. The second-order valence-corrected chi connectivity index (χ2v) is 2.70. The molecule has 0 radical (unpaired) electrons. The van der Waals surface area contributed by atoms with E-state index in [0.717, 1.165) is 19.4 Å². The van der Waals surface area contributed by atoms with Crippen molar-refractivity contribution < 1.29 is 9.47 Å². The van der Waals surface area contributed by atoms with Crippen LogP contribution in [-0.2, 0) is 9.47 Å². The van der Waals surface area contributed by atoms with Crippen molar-refractivity contribution in [2.45, 2.75) is 25.4 Å². The van der Waals surface area contributed by atoms with E-state index in [4.69, 9.17) is 9.47 Å². The minimum absolute atomic E-state index is 0.0585. The van der Waals surface area contributed by atoms with Crippen molar-refractivity contribution in [3.63, 3.8) is 0 Å². The summed E-state index contributed by atoms with van der Waals surface area (Å²) in [5.41, 5.74) is 0.0585. The van der Waals surface area contributed by atoms with Gasteiger partial charge in [0.1, 0.15) is 12.2 Å². The van der Waals surface area contributed by atoms with E-state index in [2.05, 4.69) is 13.5 Å². The molecule has 2 heteroatoms. The van der Waals surface area contributed by atoms with Gasteiger partial charge in [-0.3, -0.25) is 0 Å². The first-order chi connectivity index (χ1) is 4.83. The standard InChI is InChI=1S/C8H14O2/c1-3-5-8(7-10-8)6-9-4-2/h4H,2-3,5-7H2,1H3. The maximum absolute atomic E-state index is 5.27. The summed E-state index contributed by atoms with van der Waals surface area (Å²) in [5, 5.41) is 0. The lowest BCUT2D eigenvalue weighted by Crippen LogP contribution is -2.17. The summed E-state index contributed by atoms with van der Waals surface area (Å²) in [6.45, 7) is 7.15. The van der Waals surface area contributed by atoms with Crippen molar-refractivity contribution in [1.29, 1.82) is 0 Å². The zero-order valence-electron chi connectivity index (χ0n) is 6.43. The van der Waals surface area contributed by atoms with Crippen LogP contribution in [0.5, 0.6) is 0 Å². The van der Waals surface area contributed by atoms with Crippen molar-refractivity contribution in [3.8, 4) is 0 Å². The lowest BCUT2D eigenvalue weighted by molar-refractivity contribution is 0.145. The molecule has 10 heavy (non-hydrogen) atoms. The quantitative estimate of drug-likeness (QED) is 0.430. The molecular formula is C8H14O2. The third-order valence-corrected chi connectivity index (χ3v) is 1.72. The second kappa shape index (κ2) is 3.06. The second-order valence-electron chi connectivity index (χ2n) is 2.70. The summed E-state index contributed by atoms with van der Waals surface area (Å²) >= 11 is 0. The smallest absolute Gasteiger partial charge is 0.125 e. The molecule has 58 valence electrons. The topological polar surface area (TPSA) is 21.8 Å². The van der Waals surface area contributed by atoms with Crippen LogP contribution < -0.4 is 0 Å². The van der Waals surface area contributed by atoms with Crippen LogP contribution in [-0.4, -0.2) is 18.8 Å². The highest BCUT2D eigenvalue weighted by Gasteiger charge is 2.44. The van der Waals surface area contributed by atoms with Crippen LogP contribution in [0.4, 0.5) is 0 Å². The summed E-state index contributed by atoms with van der Waals surface area (Å²) in [5.74, 6) is 0. The van der Waals surface area contributed by atoms with Crippen LogP contribution in [0, 0.1) is 0 Å². The Kier molecular flexibility index (Phi) is 2.33. The molecule has 0 aromatic carbocycles. The van der Waals surface area contributed by atoms with Gasteiger partial charge in [0.25, 0.3) is 0 Å². The number of epoxide rings is 1. The van der Waals surface area contributed by atoms with Gasteiger partial charge in [-0.05, 0) is 6.42 Å². The predicted octanol–water partition coefficient (Wildman–Crippen LogP) is 1.72. The van der Waals surface area contributed by atoms with Crippen molar-refractivity contribution >= 4 is 0 Å². The molecular weight excluding hydrogens is 128 g/mol. The van der Waals surface area contributed by atoms with Gasteiger partial charge in [0.05, 0.1) is 12.9 Å². The molecule has 0 saturated carbocycles. The molecule has 0 amide bonds. The zero-order chi connectivity index (χ0) is 7.45. The van der Waals surface area contributed by atoms with Gasteiger partial charge in [0.15, 0.2) is 0 Å². The van der Waals surface area contributed by atoms with Crippen LogP contribution in [0.15, 0.2) is 12.8 Å². The van der Waals surface area contributed by atoms with E-state index < -0.39 is 0 Å². The minimum Gasteiger partial charge on any atom is -0.499 e. The molecule has 1 atom stereocenters. The third-order valence-electron chi connectivity index (χ3n) is 1.72. The van der Waals surface area contributed by atoms with Crippen molar-refractivity contribution in [1.82, 2.24) is 0 Å². The molecule has 1 rings (SSSR count). The van der Waals surface area contributed by atoms with Crippen LogP contribution in [0.1, 0.15) is 19.8 Å². The summed E-state index contributed by atoms with van der Waals surface area (Å²) in [4.78, 5) is 0. The number of ether oxygens (including phenoxy) is 2. The highest BCUT2D eigenvalue weighted by Crippen LogP contribution is 2.32. The molecule has 1 saturated heterocycles. The van der Waals surface area contributed by atoms with E-state index in [1.807, 2.05) is 0 Å². The van der Waals surface area contributed by atoms with Gasteiger partial charge < -0.3 is 9.47 Å². The Balaban J connectivity index is 2.16. The van der Waals surface area contributed by atoms with Crippen molar-refractivity contribution in [2.75, 3.05) is 13.2 Å². The summed E-state index contributed by atoms with van der Waals surface area (Å²) in [6.07, 6.45) is 3.72. The first-order valence-electron chi connectivity index (χ1n) is 3.69. The zero-order valence-corrected chi connectivity index (χ0v) is 6.43. The van der Waals surface area contributed by atoms with Gasteiger partial charge in [0.2, 0.25) is 0 Å². The Morgan fingerprint density at radius 1 is 1.80 bits per heavy atom. The van der Waals surface area contributed by atoms with Gasteiger partial charge in [-0.25, -0.2) is 0 Å². The largest absolute Gasteiger partial charge is 0.499 e. The van der Waals surface area contributed by atoms with E-state index in [1.54, 1.807) is 0 Å². The van der Waals surface area contributed by atoms with E-state index in [-0.39, 0.29) is 5.60 Å². The highest BCUT2D eigenvalue weighted by atomic mass is 16.6. The highest BCUT2D eigenvalue weighted by molar-refractivity contribution is 4.91. The Labute approximate surface area is 61.8 Å². The van der Waals surface area contributed by atoms with E-state index in [0.29, 0.717) is 6.61 Å². The predicted molar refractivity (Wildman–Crippen MR) is 39.7 cm³/mol. The first kappa shape index (κ1) is 7.61.